The Bertz CT molecular complexity index is 789. The SMILES string of the molecule is Cc1ccc(-c2ccnn2-c2cccc(C(=O)O)c2)cc1. The lowest BCUT2D eigenvalue weighted by atomic mass is 10.1. The molecule has 2 aromatic carbocycles. The first kappa shape index (κ1) is 13.1. The number of carbonyl (C=O) groups is 1. The normalized spacial score (nSPS) is 10.5. The second-order valence-electron chi connectivity index (χ2n) is 4.85. The van der Waals surface area contributed by atoms with E-state index in [0.717, 1.165) is 16.9 Å². The number of hydrogen-bond acceptors (Lipinski definition) is 2. The molecule has 1 heterocycles. The minimum atomic E-state index is -0.944. The first-order valence-electron chi connectivity index (χ1n) is 6.60. The Balaban J connectivity index is 2.08. The third-order valence-corrected chi connectivity index (χ3v) is 3.33. The van der Waals surface area contributed by atoms with Crippen LogP contribution in [0.1, 0.15) is 15.9 Å². The maximum Gasteiger partial charge on any atom is 0.335 e. The van der Waals surface area contributed by atoms with Crippen LogP contribution >= 0.6 is 0 Å². The summed E-state index contributed by atoms with van der Waals surface area (Å²) in [6, 6.07) is 16.8. The second kappa shape index (κ2) is 5.25. The van der Waals surface area contributed by atoms with Gasteiger partial charge in [0, 0.05) is 5.56 Å². The van der Waals surface area contributed by atoms with Crippen molar-refractivity contribution >= 4 is 5.97 Å². The van der Waals surface area contributed by atoms with Crippen molar-refractivity contribution in [3.63, 3.8) is 0 Å². The Morgan fingerprint density at radius 3 is 2.57 bits per heavy atom. The molecule has 0 radical (unpaired) electrons. The fourth-order valence-corrected chi connectivity index (χ4v) is 2.22. The predicted octanol–water partition coefficient (Wildman–Crippen LogP) is 3.55. The summed E-state index contributed by atoms with van der Waals surface area (Å²) < 4.78 is 1.75. The van der Waals surface area contributed by atoms with Gasteiger partial charge in [-0.05, 0) is 31.2 Å². The number of benzene rings is 2. The molecule has 0 fully saturated rings. The highest BCUT2D eigenvalue weighted by Gasteiger charge is 2.09. The van der Waals surface area contributed by atoms with Crippen LogP contribution in [0.5, 0.6) is 0 Å². The highest BCUT2D eigenvalue weighted by atomic mass is 16.4. The van der Waals surface area contributed by atoms with Crippen LogP contribution in [0.15, 0.2) is 60.8 Å². The summed E-state index contributed by atoms with van der Waals surface area (Å²) >= 11 is 0. The molecule has 0 spiro atoms. The van der Waals surface area contributed by atoms with Gasteiger partial charge in [-0.2, -0.15) is 5.10 Å². The quantitative estimate of drug-likeness (QED) is 0.797. The van der Waals surface area contributed by atoms with Crippen molar-refractivity contribution in [2.45, 2.75) is 6.92 Å². The fourth-order valence-electron chi connectivity index (χ4n) is 2.22. The maximum atomic E-state index is 11.1. The Hall–Kier alpha value is -2.88. The molecule has 4 nitrogen and oxygen atoms in total. The van der Waals surface area contributed by atoms with Crippen LogP contribution in [0.25, 0.3) is 16.9 Å². The first-order chi connectivity index (χ1) is 10.1. The lowest BCUT2D eigenvalue weighted by Gasteiger charge is -2.08. The van der Waals surface area contributed by atoms with Crippen molar-refractivity contribution in [1.29, 1.82) is 0 Å². The third kappa shape index (κ3) is 2.56. The smallest absolute Gasteiger partial charge is 0.335 e. The monoisotopic (exact) mass is 278 g/mol. The second-order valence-corrected chi connectivity index (χ2v) is 4.85. The lowest BCUT2D eigenvalue weighted by molar-refractivity contribution is 0.0697. The molecule has 0 aliphatic heterocycles. The number of carboxylic acids is 1. The minimum Gasteiger partial charge on any atom is -0.478 e. The fraction of sp³-hybridized carbons (Fsp3) is 0.0588. The van der Waals surface area contributed by atoms with E-state index in [0.29, 0.717) is 0 Å². The molecule has 4 heteroatoms. The number of aryl methyl sites for hydroxylation is 1. The molecule has 1 aromatic heterocycles. The summed E-state index contributed by atoms with van der Waals surface area (Å²) in [5.41, 5.74) is 4.14. The van der Waals surface area contributed by atoms with Crippen LogP contribution in [-0.4, -0.2) is 20.9 Å². The van der Waals surface area contributed by atoms with Crippen LogP contribution < -0.4 is 0 Å². The molecular weight excluding hydrogens is 264 g/mol. The Morgan fingerprint density at radius 1 is 1.10 bits per heavy atom. The van der Waals surface area contributed by atoms with Crippen LogP contribution in [0.2, 0.25) is 0 Å². The number of aromatic carboxylic acids is 1. The molecule has 0 amide bonds. The van der Waals surface area contributed by atoms with E-state index in [1.165, 1.54) is 5.56 Å². The highest BCUT2D eigenvalue weighted by Crippen LogP contribution is 2.23. The molecule has 104 valence electrons. The van der Waals surface area contributed by atoms with E-state index in [1.54, 1.807) is 29.1 Å². The van der Waals surface area contributed by atoms with E-state index in [4.69, 9.17) is 5.11 Å². The van der Waals surface area contributed by atoms with E-state index in [2.05, 4.69) is 5.10 Å². The van der Waals surface area contributed by atoms with Gasteiger partial charge >= 0.3 is 5.97 Å². The molecule has 0 bridgehead atoms. The van der Waals surface area contributed by atoms with Gasteiger partial charge in [0.1, 0.15) is 0 Å². The Morgan fingerprint density at radius 2 is 1.86 bits per heavy atom. The first-order valence-corrected chi connectivity index (χ1v) is 6.60. The number of hydrogen-bond donors (Lipinski definition) is 1. The van der Waals surface area contributed by atoms with Gasteiger partial charge in [-0.1, -0.05) is 35.9 Å². The zero-order valence-corrected chi connectivity index (χ0v) is 11.5. The highest BCUT2D eigenvalue weighted by molar-refractivity contribution is 5.88. The third-order valence-electron chi connectivity index (χ3n) is 3.33. The Kier molecular flexibility index (Phi) is 3.28. The summed E-state index contributed by atoms with van der Waals surface area (Å²) in [7, 11) is 0. The van der Waals surface area contributed by atoms with Gasteiger partial charge < -0.3 is 5.11 Å². The van der Waals surface area contributed by atoms with E-state index in [-0.39, 0.29) is 5.56 Å². The maximum absolute atomic E-state index is 11.1. The standard InChI is InChI=1S/C17H14N2O2/c1-12-5-7-13(8-6-12)16-9-10-18-19(16)15-4-2-3-14(11-15)17(20)21/h2-11H,1H3,(H,20,21). The average Bonchev–Trinajstić information content (AvgIpc) is 2.97. The molecule has 0 atom stereocenters. The zero-order valence-electron chi connectivity index (χ0n) is 11.5. The average molecular weight is 278 g/mol. The molecule has 3 rings (SSSR count). The molecule has 0 aliphatic rings. The number of carboxylic acid groups (broad SMARTS) is 1. The topological polar surface area (TPSA) is 55.1 Å². The molecule has 0 saturated heterocycles. The van der Waals surface area contributed by atoms with Gasteiger partial charge in [-0.3, -0.25) is 0 Å². The summed E-state index contributed by atoms with van der Waals surface area (Å²) in [4.78, 5) is 11.1. The van der Waals surface area contributed by atoms with Crippen molar-refractivity contribution in [2.75, 3.05) is 0 Å². The van der Waals surface area contributed by atoms with Crippen molar-refractivity contribution in [3.05, 3.63) is 71.9 Å². The van der Waals surface area contributed by atoms with Crippen LogP contribution in [0, 0.1) is 6.92 Å². The molecule has 0 unspecified atom stereocenters. The van der Waals surface area contributed by atoms with Crippen molar-refractivity contribution in [1.82, 2.24) is 9.78 Å². The molecule has 3 aromatic rings. The Labute approximate surface area is 122 Å². The zero-order chi connectivity index (χ0) is 14.8. The predicted molar refractivity (Wildman–Crippen MR) is 80.7 cm³/mol. The van der Waals surface area contributed by atoms with Crippen molar-refractivity contribution in [2.24, 2.45) is 0 Å². The van der Waals surface area contributed by atoms with Crippen molar-refractivity contribution < 1.29 is 9.90 Å². The van der Waals surface area contributed by atoms with E-state index < -0.39 is 5.97 Å². The summed E-state index contributed by atoms with van der Waals surface area (Å²) in [6.07, 6.45) is 1.71. The van der Waals surface area contributed by atoms with Crippen molar-refractivity contribution in [3.8, 4) is 16.9 Å². The molecule has 0 aliphatic carbocycles. The number of aromatic nitrogens is 2. The van der Waals surface area contributed by atoms with Gasteiger partial charge in [0.05, 0.1) is 23.1 Å². The lowest BCUT2D eigenvalue weighted by Crippen LogP contribution is -2.02. The minimum absolute atomic E-state index is 0.248. The number of nitrogens with zero attached hydrogens (tertiary/aromatic N) is 2. The van der Waals surface area contributed by atoms with Gasteiger partial charge in [-0.15, -0.1) is 0 Å². The van der Waals surface area contributed by atoms with E-state index in [1.807, 2.05) is 43.3 Å². The molecular formula is C17H14N2O2. The van der Waals surface area contributed by atoms with E-state index in [9.17, 15) is 4.79 Å². The number of rotatable bonds is 3. The van der Waals surface area contributed by atoms with Gasteiger partial charge in [0.2, 0.25) is 0 Å². The van der Waals surface area contributed by atoms with E-state index >= 15 is 0 Å². The summed E-state index contributed by atoms with van der Waals surface area (Å²) in [5.74, 6) is -0.944. The largest absolute Gasteiger partial charge is 0.478 e. The van der Waals surface area contributed by atoms with Crippen LogP contribution in [0.4, 0.5) is 0 Å². The molecule has 1 N–H and O–H groups in total. The summed E-state index contributed by atoms with van der Waals surface area (Å²) in [5, 5.41) is 13.4. The van der Waals surface area contributed by atoms with Crippen LogP contribution in [0.3, 0.4) is 0 Å². The molecule has 21 heavy (non-hydrogen) atoms. The van der Waals surface area contributed by atoms with Gasteiger partial charge in [0.15, 0.2) is 0 Å². The van der Waals surface area contributed by atoms with Gasteiger partial charge in [-0.25, -0.2) is 9.48 Å². The summed E-state index contributed by atoms with van der Waals surface area (Å²) in [6.45, 7) is 2.04. The van der Waals surface area contributed by atoms with Crippen LogP contribution in [-0.2, 0) is 0 Å². The molecule has 0 saturated carbocycles. The van der Waals surface area contributed by atoms with Gasteiger partial charge in [0.25, 0.3) is 0 Å².